The number of carbonyl (C=O) groups is 1. The molecule has 3 N–H and O–H groups in total. The van der Waals surface area contributed by atoms with Gasteiger partial charge in [-0.15, -0.1) is 21.5 Å². The van der Waals surface area contributed by atoms with Crippen molar-refractivity contribution in [1.29, 1.82) is 0 Å². The molecule has 4 aromatic rings. The van der Waals surface area contributed by atoms with Crippen molar-refractivity contribution >= 4 is 34.7 Å². The fraction of sp³-hybridized carbons (Fsp3) is 0.143. The Labute approximate surface area is 186 Å². The third-order valence-electron chi connectivity index (χ3n) is 4.36. The average Bonchev–Trinajstić information content (AvgIpc) is 3.35. The zero-order chi connectivity index (χ0) is 21.8. The van der Waals surface area contributed by atoms with Gasteiger partial charge in [-0.2, -0.15) is 0 Å². The van der Waals surface area contributed by atoms with E-state index in [4.69, 9.17) is 5.84 Å². The lowest BCUT2D eigenvalue weighted by Gasteiger charge is -2.04. The minimum Gasteiger partial charge on any atom is -0.335 e. The van der Waals surface area contributed by atoms with Crippen LogP contribution >= 0.6 is 23.1 Å². The first-order valence-electron chi connectivity index (χ1n) is 9.37. The molecule has 2 aromatic heterocycles. The van der Waals surface area contributed by atoms with Gasteiger partial charge in [0.1, 0.15) is 10.8 Å². The Bertz CT molecular complexity index is 1190. The van der Waals surface area contributed by atoms with Crippen LogP contribution in [-0.4, -0.2) is 25.8 Å². The van der Waals surface area contributed by atoms with Crippen LogP contribution in [0.1, 0.15) is 16.3 Å². The topological polar surface area (TPSA) is 98.7 Å². The lowest BCUT2D eigenvalue weighted by molar-refractivity contribution is -0.115. The van der Waals surface area contributed by atoms with Crippen molar-refractivity contribution in [3.05, 3.63) is 76.0 Å². The molecule has 0 atom stereocenters. The third-order valence-corrected chi connectivity index (χ3v) is 6.24. The van der Waals surface area contributed by atoms with Gasteiger partial charge in [-0.1, -0.05) is 29.5 Å². The van der Waals surface area contributed by atoms with E-state index in [1.54, 1.807) is 12.1 Å². The molecule has 0 aliphatic carbocycles. The summed E-state index contributed by atoms with van der Waals surface area (Å²) in [5, 5.41) is 14.2. The molecule has 158 valence electrons. The van der Waals surface area contributed by atoms with Crippen molar-refractivity contribution in [2.75, 3.05) is 11.2 Å². The second-order valence-electron chi connectivity index (χ2n) is 6.80. The van der Waals surface area contributed by atoms with Crippen LogP contribution < -0.4 is 11.2 Å². The standard InChI is InChI=1S/C21H19FN6OS2/c1-13-2-8-16(9-3-13)24-18(29)10-19-25-17(11-30-19)12-31-21-27-26-20(28(21)23)14-4-6-15(22)7-5-14/h2-9,11H,10,12,23H2,1H3,(H,24,29). The number of aromatic nitrogens is 4. The van der Waals surface area contributed by atoms with Crippen LogP contribution in [0.3, 0.4) is 0 Å². The fourth-order valence-electron chi connectivity index (χ4n) is 2.79. The molecule has 2 heterocycles. The monoisotopic (exact) mass is 454 g/mol. The summed E-state index contributed by atoms with van der Waals surface area (Å²) in [7, 11) is 0. The van der Waals surface area contributed by atoms with E-state index in [1.807, 2.05) is 36.6 Å². The summed E-state index contributed by atoms with van der Waals surface area (Å²) in [6, 6.07) is 13.6. The highest BCUT2D eigenvalue weighted by atomic mass is 32.2. The summed E-state index contributed by atoms with van der Waals surface area (Å²) >= 11 is 2.83. The van der Waals surface area contributed by atoms with Gasteiger partial charge in [-0.3, -0.25) is 4.79 Å². The Morgan fingerprint density at radius 1 is 1.16 bits per heavy atom. The number of nitrogens with one attached hydrogen (secondary N) is 1. The highest BCUT2D eigenvalue weighted by Crippen LogP contribution is 2.25. The lowest BCUT2D eigenvalue weighted by Crippen LogP contribution is -2.14. The summed E-state index contributed by atoms with van der Waals surface area (Å²) in [6.07, 6.45) is 0.213. The first-order valence-corrected chi connectivity index (χ1v) is 11.2. The predicted molar refractivity (Wildman–Crippen MR) is 121 cm³/mol. The number of hydrogen-bond donors (Lipinski definition) is 2. The summed E-state index contributed by atoms with van der Waals surface area (Å²) in [6.45, 7) is 2.00. The number of benzene rings is 2. The Balaban J connectivity index is 1.33. The van der Waals surface area contributed by atoms with E-state index in [9.17, 15) is 9.18 Å². The van der Waals surface area contributed by atoms with Gasteiger partial charge >= 0.3 is 0 Å². The minimum absolute atomic E-state index is 0.108. The quantitative estimate of drug-likeness (QED) is 0.323. The molecule has 0 unspecified atom stereocenters. The Morgan fingerprint density at radius 3 is 2.65 bits per heavy atom. The molecule has 4 rings (SSSR count). The Morgan fingerprint density at radius 2 is 1.90 bits per heavy atom. The van der Waals surface area contributed by atoms with Gasteiger partial charge in [0, 0.05) is 22.4 Å². The number of thioether (sulfide) groups is 1. The van der Waals surface area contributed by atoms with Gasteiger partial charge in [0.25, 0.3) is 0 Å². The second-order valence-corrected chi connectivity index (χ2v) is 8.68. The summed E-state index contributed by atoms with van der Waals surface area (Å²) < 4.78 is 14.5. The van der Waals surface area contributed by atoms with E-state index >= 15 is 0 Å². The smallest absolute Gasteiger partial charge is 0.231 e. The van der Waals surface area contributed by atoms with Crippen molar-refractivity contribution in [3.63, 3.8) is 0 Å². The third kappa shape index (κ3) is 5.28. The molecule has 2 aromatic carbocycles. The van der Waals surface area contributed by atoms with Gasteiger partial charge in [-0.05, 0) is 43.3 Å². The fourth-order valence-corrected chi connectivity index (χ4v) is 4.43. The summed E-state index contributed by atoms with van der Waals surface area (Å²) in [5.74, 6) is 6.65. The van der Waals surface area contributed by atoms with Crippen LogP contribution in [0, 0.1) is 12.7 Å². The zero-order valence-corrected chi connectivity index (χ0v) is 18.2. The maximum Gasteiger partial charge on any atom is 0.231 e. The molecular formula is C21H19FN6OS2. The van der Waals surface area contributed by atoms with E-state index < -0.39 is 0 Å². The van der Waals surface area contributed by atoms with Crippen molar-refractivity contribution in [2.24, 2.45) is 0 Å². The highest BCUT2D eigenvalue weighted by Gasteiger charge is 2.14. The van der Waals surface area contributed by atoms with Crippen molar-refractivity contribution in [2.45, 2.75) is 24.3 Å². The maximum atomic E-state index is 13.1. The molecule has 0 saturated carbocycles. The minimum atomic E-state index is -0.326. The molecule has 0 bridgehead atoms. The van der Waals surface area contributed by atoms with E-state index in [1.165, 1.54) is 39.9 Å². The number of nitrogen functional groups attached to an aromatic ring is 1. The molecular weight excluding hydrogens is 435 g/mol. The predicted octanol–water partition coefficient (Wildman–Crippen LogP) is 4.04. The van der Waals surface area contributed by atoms with Gasteiger partial charge in [0.2, 0.25) is 11.1 Å². The van der Waals surface area contributed by atoms with Gasteiger partial charge in [0.15, 0.2) is 5.82 Å². The van der Waals surface area contributed by atoms with Crippen LogP contribution in [0.5, 0.6) is 0 Å². The van der Waals surface area contributed by atoms with Crippen LogP contribution in [0.15, 0.2) is 59.1 Å². The molecule has 0 saturated heterocycles. The first-order chi connectivity index (χ1) is 15.0. The number of rotatable bonds is 7. The number of nitrogens with two attached hydrogens (primary N) is 1. The largest absolute Gasteiger partial charge is 0.335 e. The van der Waals surface area contributed by atoms with Gasteiger partial charge in [0.05, 0.1) is 12.1 Å². The van der Waals surface area contributed by atoms with Crippen LogP contribution in [-0.2, 0) is 17.0 Å². The van der Waals surface area contributed by atoms with Crippen molar-refractivity contribution < 1.29 is 9.18 Å². The number of halogens is 1. The highest BCUT2D eigenvalue weighted by molar-refractivity contribution is 7.98. The molecule has 0 spiro atoms. The molecule has 1 amide bonds. The van der Waals surface area contributed by atoms with Crippen LogP contribution in [0.25, 0.3) is 11.4 Å². The number of aryl methyl sites for hydroxylation is 1. The SMILES string of the molecule is Cc1ccc(NC(=O)Cc2nc(CSc3nnc(-c4ccc(F)cc4)n3N)cs2)cc1. The first kappa shape index (κ1) is 21.0. The van der Waals surface area contributed by atoms with Crippen LogP contribution in [0.2, 0.25) is 0 Å². The van der Waals surface area contributed by atoms with E-state index in [0.717, 1.165) is 22.0 Å². The van der Waals surface area contributed by atoms with Gasteiger partial charge < -0.3 is 11.2 Å². The molecule has 31 heavy (non-hydrogen) atoms. The van der Waals surface area contributed by atoms with E-state index in [2.05, 4.69) is 20.5 Å². The number of carbonyl (C=O) groups excluding carboxylic acids is 1. The van der Waals surface area contributed by atoms with E-state index in [-0.39, 0.29) is 18.1 Å². The zero-order valence-electron chi connectivity index (χ0n) is 16.6. The van der Waals surface area contributed by atoms with E-state index in [0.29, 0.717) is 22.3 Å². The van der Waals surface area contributed by atoms with Crippen molar-refractivity contribution in [1.82, 2.24) is 19.9 Å². The molecule has 7 nitrogen and oxygen atoms in total. The number of thiazole rings is 1. The average molecular weight is 455 g/mol. The van der Waals surface area contributed by atoms with Crippen molar-refractivity contribution in [3.8, 4) is 11.4 Å². The number of nitrogens with zero attached hydrogens (tertiary/aromatic N) is 4. The number of anilines is 1. The Kier molecular flexibility index (Phi) is 6.28. The lowest BCUT2D eigenvalue weighted by atomic mass is 10.2. The van der Waals surface area contributed by atoms with Gasteiger partial charge in [-0.25, -0.2) is 14.1 Å². The van der Waals surface area contributed by atoms with Crippen LogP contribution in [0.4, 0.5) is 10.1 Å². The number of amides is 1. The summed E-state index contributed by atoms with van der Waals surface area (Å²) in [5.41, 5.74) is 3.42. The number of hydrogen-bond acceptors (Lipinski definition) is 7. The molecule has 0 fully saturated rings. The molecule has 0 radical (unpaired) electrons. The molecule has 0 aliphatic rings. The molecule has 10 heteroatoms. The maximum absolute atomic E-state index is 13.1. The summed E-state index contributed by atoms with van der Waals surface area (Å²) in [4.78, 5) is 16.8. The molecule has 0 aliphatic heterocycles. The second kappa shape index (κ2) is 9.27. The normalized spacial score (nSPS) is 10.9. The Hall–Kier alpha value is -3.24.